The average Bonchev–Trinajstić information content (AvgIpc) is 2.56. The number of nitrogens with two attached hydrogens (primary N) is 1. The lowest BCUT2D eigenvalue weighted by molar-refractivity contribution is 0.175. The molecule has 2 rings (SSSR count). The summed E-state index contributed by atoms with van der Waals surface area (Å²) >= 11 is 0. The molecule has 1 aromatic rings. The van der Waals surface area contributed by atoms with E-state index in [0.717, 1.165) is 37.3 Å². The van der Waals surface area contributed by atoms with Gasteiger partial charge in [-0.25, -0.2) is 0 Å². The molecule has 4 heteroatoms. The van der Waals surface area contributed by atoms with E-state index in [4.69, 9.17) is 5.73 Å². The molecule has 0 spiro atoms. The number of rotatable bonds is 2. The Bertz CT molecular complexity index is 316. The first-order chi connectivity index (χ1) is 6.75. The maximum Gasteiger partial charge on any atom is 0.0679 e. The monoisotopic (exact) mass is 193 g/mol. The van der Waals surface area contributed by atoms with Gasteiger partial charge in [0.15, 0.2) is 0 Å². The minimum absolute atomic E-state index is 0.168. The highest BCUT2D eigenvalue weighted by Crippen LogP contribution is 2.16. The summed E-state index contributed by atoms with van der Waals surface area (Å²) in [6, 6.07) is 1.93. The summed E-state index contributed by atoms with van der Waals surface area (Å²) in [4.78, 5) is 6.15. The molecule has 76 valence electrons. The van der Waals surface area contributed by atoms with Crippen LogP contribution in [0.25, 0.3) is 0 Å². The first-order valence-electron chi connectivity index (χ1n) is 4.84. The second-order valence-corrected chi connectivity index (χ2v) is 3.75. The molecule has 0 amide bonds. The lowest BCUT2D eigenvalue weighted by atomic mass is 10.2. The van der Waals surface area contributed by atoms with Crippen LogP contribution in [0.4, 0.5) is 5.69 Å². The zero-order valence-corrected chi connectivity index (χ0v) is 8.06. The van der Waals surface area contributed by atoms with E-state index in [1.165, 1.54) is 0 Å². The third kappa shape index (κ3) is 2.02. The summed E-state index contributed by atoms with van der Waals surface area (Å²) < 4.78 is 0. The molecule has 0 aliphatic carbocycles. The molecular formula is C10H15N3O. The van der Waals surface area contributed by atoms with Crippen LogP contribution >= 0.6 is 0 Å². The largest absolute Gasteiger partial charge is 0.397 e. The zero-order valence-electron chi connectivity index (χ0n) is 8.06. The highest BCUT2D eigenvalue weighted by molar-refractivity contribution is 5.43. The Morgan fingerprint density at radius 3 is 3.14 bits per heavy atom. The van der Waals surface area contributed by atoms with Crippen LogP contribution in [0.1, 0.15) is 12.0 Å². The maximum absolute atomic E-state index is 9.36. The predicted octanol–water partition coefficient (Wildman–Crippen LogP) is 0.230. The van der Waals surface area contributed by atoms with Crippen molar-refractivity contribution in [3.63, 3.8) is 0 Å². The van der Waals surface area contributed by atoms with Gasteiger partial charge in [0, 0.05) is 25.8 Å². The van der Waals surface area contributed by atoms with E-state index in [-0.39, 0.29) is 6.10 Å². The smallest absolute Gasteiger partial charge is 0.0679 e. The number of hydrogen-bond donors (Lipinski definition) is 2. The van der Waals surface area contributed by atoms with Gasteiger partial charge in [-0.05, 0) is 18.1 Å². The summed E-state index contributed by atoms with van der Waals surface area (Å²) in [6.45, 7) is 2.51. The van der Waals surface area contributed by atoms with E-state index in [0.29, 0.717) is 0 Å². The Morgan fingerprint density at radius 2 is 2.50 bits per heavy atom. The highest BCUT2D eigenvalue weighted by Gasteiger charge is 2.20. The number of pyridine rings is 1. The Morgan fingerprint density at radius 1 is 1.64 bits per heavy atom. The third-order valence-corrected chi connectivity index (χ3v) is 2.59. The first-order valence-corrected chi connectivity index (χ1v) is 4.84. The molecular weight excluding hydrogens is 178 g/mol. The van der Waals surface area contributed by atoms with Crippen molar-refractivity contribution in [3.05, 3.63) is 24.0 Å². The van der Waals surface area contributed by atoms with Gasteiger partial charge in [-0.1, -0.05) is 0 Å². The van der Waals surface area contributed by atoms with Gasteiger partial charge in [-0.2, -0.15) is 0 Å². The predicted molar refractivity (Wildman–Crippen MR) is 54.6 cm³/mol. The first kappa shape index (κ1) is 9.43. The zero-order chi connectivity index (χ0) is 9.97. The van der Waals surface area contributed by atoms with E-state index < -0.39 is 0 Å². The number of anilines is 1. The molecule has 1 saturated heterocycles. The van der Waals surface area contributed by atoms with Crippen LogP contribution in [0.2, 0.25) is 0 Å². The Labute approximate surface area is 83.4 Å². The second kappa shape index (κ2) is 3.94. The molecule has 1 aliphatic heterocycles. The molecule has 1 fully saturated rings. The minimum Gasteiger partial charge on any atom is -0.397 e. The van der Waals surface area contributed by atoms with Gasteiger partial charge in [-0.3, -0.25) is 9.88 Å². The molecule has 1 aliphatic rings. The van der Waals surface area contributed by atoms with Crippen molar-refractivity contribution in [2.45, 2.75) is 19.1 Å². The molecule has 0 bridgehead atoms. The van der Waals surface area contributed by atoms with Crippen molar-refractivity contribution in [1.29, 1.82) is 0 Å². The number of nitrogen functional groups attached to an aromatic ring is 1. The van der Waals surface area contributed by atoms with E-state index >= 15 is 0 Å². The Balaban J connectivity index is 2.01. The molecule has 4 nitrogen and oxygen atoms in total. The lowest BCUT2D eigenvalue weighted by Gasteiger charge is -2.15. The van der Waals surface area contributed by atoms with Crippen molar-refractivity contribution < 1.29 is 5.11 Å². The maximum atomic E-state index is 9.36. The second-order valence-electron chi connectivity index (χ2n) is 3.75. The van der Waals surface area contributed by atoms with Crippen LogP contribution in [-0.4, -0.2) is 34.2 Å². The fourth-order valence-electron chi connectivity index (χ4n) is 1.78. The molecule has 0 aromatic carbocycles. The summed E-state index contributed by atoms with van der Waals surface area (Å²) in [5.41, 5.74) is 7.60. The standard InChI is InChI=1S/C10H15N3O/c11-10-5-12-3-1-8(10)6-13-4-2-9(14)7-13/h1,3,5,9,14H,2,4,6-7,11H2/t9-/m0/s1. The van der Waals surface area contributed by atoms with Gasteiger partial charge < -0.3 is 10.8 Å². The van der Waals surface area contributed by atoms with Crippen LogP contribution in [0.3, 0.4) is 0 Å². The van der Waals surface area contributed by atoms with Gasteiger partial charge in [0.05, 0.1) is 18.0 Å². The molecule has 0 saturated carbocycles. The number of aromatic nitrogens is 1. The fraction of sp³-hybridized carbons (Fsp3) is 0.500. The molecule has 0 unspecified atom stereocenters. The van der Waals surface area contributed by atoms with E-state index in [1.807, 2.05) is 6.07 Å². The summed E-state index contributed by atoms with van der Waals surface area (Å²) in [5.74, 6) is 0. The number of likely N-dealkylation sites (tertiary alicyclic amines) is 1. The number of aliphatic hydroxyl groups excluding tert-OH is 1. The topological polar surface area (TPSA) is 62.4 Å². The van der Waals surface area contributed by atoms with Crippen LogP contribution in [0.5, 0.6) is 0 Å². The lowest BCUT2D eigenvalue weighted by Crippen LogP contribution is -2.22. The fourth-order valence-corrected chi connectivity index (χ4v) is 1.78. The summed E-state index contributed by atoms with van der Waals surface area (Å²) in [6.07, 6.45) is 4.11. The van der Waals surface area contributed by atoms with Crippen molar-refractivity contribution in [2.75, 3.05) is 18.8 Å². The van der Waals surface area contributed by atoms with Crippen molar-refractivity contribution in [3.8, 4) is 0 Å². The highest BCUT2D eigenvalue weighted by atomic mass is 16.3. The van der Waals surface area contributed by atoms with Crippen molar-refractivity contribution in [2.24, 2.45) is 0 Å². The number of β-amino-alcohol motifs (C(OH)–C–C–N with tert-alkyl or cyclic N) is 1. The summed E-state index contributed by atoms with van der Waals surface area (Å²) in [7, 11) is 0. The van der Waals surface area contributed by atoms with Gasteiger partial charge in [0.2, 0.25) is 0 Å². The molecule has 14 heavy (non-hydrogen) atoms. The minimum atomic E-state index is -0.168. The van der Waals surface area contributed by atoms with Gasteiger partial charge in [0.1, 0.15) is 0 Å². The van der Waals surface area contributed by atoms with Gasteiger partial charge in [-0.15, -0.1) is 0 Å². The van der Waals surface area contributed by atoms with E-state index in [9.17, 15) is 5.11 Å². The molecule has 2 heterocycles. The van der Waals surface area contributed by atoms with E-state index in [2.05, 4.69) is 9.88 Å². The van der Waals surface area contributed by atoms with Crippen LogP contribution in [-0.2, 0) is 6.54 Å². The van der Waals surface area contributed by atoms with Crippen molar-refractivity contribution >= 4 is 5.69 Å². The quantitative estimate of drug-likeness (QED) is 0.706. The number of hydrogen-bond acceptors (Lipinski definition) is 4. The molecule has 3 N–H and O–H groups in total. The molecule has 1 atom stereocenters. The number of nitrogens with zero attached hydrogens (tertiary/aromatic N) is 2. The average molecular weight is 193 g/mol. The SMILES string of the molecule is Nc1cnccc1CN1CC[C@H](O)C1. The molecule has 0 radical (unpaired) electrons. The van der Waals surface area contributed by atoms with Crippen LogP contribution in [0.15, 0.2) is 18.5 Å². The third-order valence-electron chi connectivity index (χ3n) is 2.59. The summed E-state index contributed by atoms with van der Waals surface area (Å²) in [5, 5.41) is 9.36. The van der Waals surface area contributed by atoms with Crippen LogP contribution < -0.4 is 5.73 Å². The van der Waals surface area contributed by atoms with Gasteiger partial charge >= 0.3 is 0 Å². The Hall–Kier alpha value is -1.13. The van der Waals surface area contributed by atoms with Gasteiger partial charge in [0.25, 0.3) is 0 Å². The number of aliphatic hydroxyl groups is 1. The van der Waals surface area contributed by atoms with Crippen molar-refractivity contribution in [1.82, 2.24) is 9.88 Å². The molecule has 1 aromatic heterocycles. The normalized spacial score (nSPS) is 22.8. The Kier molecular flexibility index (Phi) is 2.65. The van der Waals surface area contributed by atoms with E-state index in [1.54, 1.807) is 12.4 Å². The van der Waals surface area contributed by atoms with Crippen LogP contribution in [0, 0.1) is 0 Å².